The summed E-state index contributed by atoms with van der Waals surface area (Å²) in [6.45, 7) is 2.67. The third-order valence-corrected chi connectivity index (χ3v) is 3.90. The molecule has 0 fully saturated rings. The molecule has 0 aliphatic rings. The molecule has 0 saturated heterocycles. The summed E-state index contributed by atoms with van der Waals surface area (Å²) in [7, 11) is 4.10. The van der Waals surface area contributed by atoms with Gasteiger partial charge < -0.3 is 5.32 Å². The summed E-state index contributed by atoms with van der Waals surface area (Å²) in [5, 5.41) is 3.42. The Hall–Kier alpha value is -2.86. The summed E-state index contributed by atoms with van der Waals surface area (Å²) in [6, 6.07) is 11.9. The predicted octanol–water partition coefficient (Wildman–Crippen LogP) is 2.96. The van der Waals surface area contributed by atoms with Gasteiger partial charge in [0.15, 0.2) is 5.82 Å². The highest BCUT2D eigenvalue weighted by Gasteiger charge is 2.15. The van der Waals surface area contributed by atoms with E-state index in [0.717, 1.165) is 22.8 Å². The first-order valence-electron chi connectivity index (χ1n) is 8.21. The first-order valence-corrected chi connectivity index (χ1v) is 8.21. The number of hydrogen-bond acceptors (Lipinski definition) is 6. The maximum absolute atomic E-state index is 4.63. The molecule has 6 nitrogen and oxygen atoms in total. The van der Waals surface area contributed by atoms with E-state index in [1.54, 1.807) is 12.4 Å². The van der Waals surface area contributed by atoms with Crippen LogP contribution in [0.25, 0.3) is 11.4 Å². The molecule has 3 aromatic heterocycles. The van der Waals surface area contributed by atoms with Crippen LogP contribution in [0, 0.1) is 6.92 Å². The average Bonchev–Trinajstić information content (AvgIpc) is 2.63. The number of aromatic nitrogens is 4. The lowest BCUT2D eigenvalue weighted by Gasteiger charge is -2.24. The van der Waals surface area contributed by atoms with Crippen LogP contribution in [0.3, 0.4) is 0 Å². The minimum atomic E-state index is 0.151. The fourth-order valence-electron chi connectivity index (χ4n) is 2.61. The van der Waals surface area contributed by atoms with Gasteiger partial charge in [0.2, 0.25) is 0 Å². The van der Waals surface area contributed by atoms with E-state index in [1.807, 2.05) is 63.6 Å². The van der Waals surface area contributed by atoms with E-state index in [0.29, 0.717) is 12.4 Å². The van der Waals surface area contributed by atoms with Crippen LogP contribution in [-0.2, 0) is 0 Å². The van der Waals surface area contributed by atoms with E-state index in [4.69, 9.17) is 0 Å². The van der Waals surface area contributed by atoms with Crippen molar-refractivity contribution in [2.75, 3.05) is 26.0 Å². The number of hydrogen-bond donors (Lipinski definition) is 1. The Morgan fingerprint density at radius 2 is 1.96 bits per heavy atom. The van der Waals surface area contributed by atoms with Gasteiger partial charge in [0.05, 0.1) is 11.7 Å². The lowest BCUT2D eigenvalue weighted by molar-refractivity contribution is 0.306. The average molecular weight is 334 g/mol. The second kappa shape index (κ2) is 7.81. The zero-order valence-electron chi connectivity index (χ0n) is 14.7. The Morgan fingerprint density at radius 1 is 1.08 bits per heavy atom. The number of rotatable bonds is 6. The summed E-state index contributed by atoms with van der Waals surface area (Å²) in [6.07, 6.45) is 5.34. The van der Waals surface area contributed by atoms with E-state index in [1.165, 1.54) is 0 Å². The van der Waals surface area contributed by atoms with E-state index in [-0.39, 0.29) is 6.04 Å². The smallest absolute Gasteiger partial charge is 0.163 e. The molecule has 3 heterocycles. The van der Waals surface area contributed by atoms with Crippen LogP contribution in [-0.4, -0.2) is 45.5 Å². The van der Waals surface area contributed by atoms with Gasteiger partial charge >= 0.3 is 0 Å². The Kier molecular flexibility index (Phi) is 5.30. The van der Waals surface area contributed by atoms with E-state index in [9.17, 15) is 0 Å². The Morgan fingerprint density at radius 3 is 2.64 bits per heavy atom. The van der Waals surface area contributed by atoms with Gasteiger partial charge in [-0.15, -0.1) is 0 Å². The van der Waals surface area contributed by atoms with Crippen LogP contribution in [0.15, 0.2) is 55.0 Å². The van der Waals surface area contributed by atoms with Crippen LogP contribution >= 0.6 is 0 Å². The van der Waals surface area contributed by atoms with Gasteiger partial charge in [-0.1, -0.05) is 6.07 Å². The van der Waals surface area contributed by atoms with Crippen molar-refractivity contribution in [3.63, 3.8) is 0 Å². The summed E-state index contributed by atoms with van der Waals surface area (Å²) < 4.78 is 0. The fraction of sp³-hybridized carbons (Fsp3) is 0.263. The van der Waals surface area contributed by atoms with Crippen LogP contribution in [0.5, 0.6) is 0 Å². The van der Waals surface area contributed by atoms with Crippen molar-refractivity contribution in [1.29, 1.82) is 0 Å². The monoisotopic (exact) mass is 334 g/mol. The number of nitrogens with zero attached hydrogens (tertiary/aromatic N) is 5. The van der Waals surface area contributed by atoms with Gasteiger partial charge in [-0.05, 0) is 45.3 Å². The lowest BCUT2D eigenvalue weighted by atomic mass is 10.1. The minimum Gasteiger partial charge on any atom is -0.368 e. The van der Waals surface area contributed by atoms with Gasteiger partial charge in [0.1, 0.15) is 5.82 Å². The Bertz CT molecular complexity index is 805. The minimum absolute atomic E-state index is 0.151. The van der Waals surface area contributed by atoms with E-state index >= 15 is 0 Å². The second-order valence-corrected chi connectivity index (χ2v) is 6.07. The zero-order chi connectivity index (χ0) is 17.6. The number of likely N-dealkylation sites (N-methyl/N-ethyl adjacent to an activating group) is 1. The fourth-order valence-corrected chi connectivity index (χ4v) is 2.61. The van der Waals surface area contributed by atoms with Crippen molar-refractivity contribution in [2.24, 2.45) is 0 Å². The molecule has 0 aliphatic heterocycles. The maximum Gasteiger partial charge on any atom is 0.163 e. The maximum atomic E-state index is 4.63. The molecule has 0 spiro atoms. The summed E-state index contributed by atoms with van der Waals surface area (Å²) in [5.74, 6) is 1.48. The molecule has 0 saturated carbocycles. The largest absolute Gasteiger partial charge is 0.368 e. The van der Waals surface area contributed by atoms with Gasteiger partial charge in [-0.3, -0.25) is 14.9 Å². The van der Waals surface area contributed by atoms with Crippen LogP contribution in [0.4, 0.5) is 5.82 Å². The van der Waals surface area contributed by atoms with Crippen LogP contribution < -0.4 is 5.32 Å². The normalized spacial score (nSPS) is 12.2. The zero-order valence-corrected chi connectivity index (χ0v) is 14.7. The number of anilines is 1. The van der Waals surface area contributed by atoms with Crippen molar-refractivity contribution >= 4 is 5.82 Å². The van der Waals surface area contributed by atoms with E-state index < -0.39 is 0 Å². The van der Waals surface area contributed by atoms with Crippen LogP contribution in [0.2, 0.25) is 0 Å². The molecule has 0 aliphatic carbocycles. The first kappa shape index (κ1) is 17.0. The van der Waals surface area contributed by atoms with Gasteiger partial charge in [0, 0.05) is 42.5 Å². The number of pyridine rings is 2. The molecule has 0 amide bonds. The molecule has 1 N–H and O–H groups in total. The molecule has 3 rings (SSSR count). The SMILES string of the molecule is Cc1cc(NCC(c2ccccn2)N(C)C)nc(-c2cccnc2)n1. The topological polar surface area (TPSA) is 66.8 Å². The highest BCUT2D eigenvalue weighted by molar-refractivity contribution is 5.56. The molecule has 1 atom stereocenters. The second-order valence-electron chi connectivity index (χ2n) is 6.07. The summed E-state index contributed by atoms with van der Waals surface area (Å²) >= 11 is 0. The standard InChI is InChI=1S/C19H22N6/c1-14-11-18(24-19(23-14)15-7-6-9-20-12-15)22-13-17(25(2)3)16-8-4-5-10-21-16/h4-12,17H,13H2,1-3H3,(H,22,23,24). The molecule has 0 bridgehead atoms. The Labute approximate surface area is 148 Å². The highest BCUT2D eigenvalue weighted by Crippen LogP contribution is 2.19. The van der Waals surface area contributed by atoms with Crippen molar-refractivity contribution in [1.82, 2.24) is 24.8 Å². The number of aryl methyl sites for hydroxylation is 1. The summed E-state index contributed by atoms with van der Waals surface area (Å²) in [4.78, 5) is 19.9. The molecule has 25 heavy (non-hydrogen) atoms. The van der Waals surface area contributed by atoms with Crippen molar-refractivity contribution in [3.8, 4) is 11.4 Å². The van der Waals surface area contributed by atoms with Crippen LogP contribution in [0.1, 0.15) is 17.4 Å². The van der Waals surface area contributed by atoms with Crippen molar-refractivity contribution < 1.29 is 0 Å². The molecular weight excluding hydrogens is 312 g/mol. The van der Waals surface area contributed by atoms with Gasteiger partial charge in [-0.25, -0.2) is 9.97 Å². The van der Waals surface area contributed by atoms with E-state index in [2.05, 4.69) is 30.2 Å². The van der Waals surface area contributed by atoms with Gasteiger partial charge in [0.25, 0.3) is 0 Å². The quantitative estimate of drug-likeness (QED) is 0.747. The van der Waals surface area contributed by atoms with Crippen molar-refractivity contribution in [3.05, 3.63) is 66.4 Å². The third-order valence-electron chi connectivity index (χ3n) is 3.90. The predicted molar refractivity (Wildman–Crippen MR) is 99.2 cm³/mol. The Balaban J connectivity index is 1.79. The molecule has 128 valence electrons. The molecule has 3 aromatic rings. The molecule has 0 aromatic carbocycles. The molecule has 0 radical (unpaired) electrons. The summed E-state index contributed by atoms with van der Waals surface area (Å²) in [5.41, 5.74) is 2.84. The molecular formula is C19H22N6. The lowest BCUT2D eigenvalue weighted by Crippen LogP contribution is -2.27. The highest BCUT2D eigenvalue weighted by atomic mass is 15.1. The molecule has 1 unspecified atom stereocenters. The van der Waals surface area contributed by atoms with Gasteiger partial charge in [-0.2, -0.15) is 0 Å². The number of nitrogens with one attached hydrogen (secondary N) is 1. The van der Waals surface area contributed by atoms with Crippen molar-refractivity contribution in [2.45, 2.75) is 13.0 Å². The molecule has 6 heteroatoms. The first-order chi connectivity index (χ1) is 12.1. The third kappa shape index (κ3) is 4.36.